The van der Waals surface area contributed by atoms with Crippen LogP contribution in [0.3, 0.4) is 0 Å². The van der Waals surface area contributed by atoms with Gasteiger partial charge in [-0.25, -0.2) is 4.98 Å². The van der Waals surface area contributed by atoms with E-state index in [0.717, 1.165) is 10.5 Å². The lowest BCUT2D eigenvalue weighted by Gasteiger charge is -2.11. The molecule has 1 fully saturated rings. The van der Waals surface area contributed by atoms with E-state index in [-0.39, 0.29) is 11.9 Å². The number of aryl methyl sites for hydroxylation is 1. The smallest absolute Gasteiger partial charge is 0.220 e. The molecule has 3 N–H and O–H groups in total. The second-order valence-electron chi connectivity index (χ2n) is 5.38. The average Bonchev–Trinajstić information content (AvgIpc) is 3.22. The topological polar surface area (TPSA) is 68.0 Å². The molecule has 2 aromatic rings. The number of para-hydroxylation sites is 1. The molecule has 0 radical (unpaired) electrons. The predicted molar refractivity (Wildman–Crippen MR) is 81.7 cm³/mol. The van der Waals surface area contributed by atoms with Crippen molar-refractivity contribution in [2.24, 2.45) is 11.7 Å². The summed E-state index contributed by atoms with van der Waals surface area (Å²) >= 11 is 1.66. The number of nitrogens with zero attached hydrogens (tertiary/aromatic N) is 1. The molecule has 1 aromatic carbocycles. The van der Waals surface area contributed by atoms with Gasteiger partial charge in [-0.3, -0.25) is 4.79 Å². The molecule has 0 aliphatic heterocycles. The van der Waals surface area contributed by atoms with Crippen molar-refractivity contribution in [3.8, 4) is 0 Å². The van der Waals surface area contributed by atoms with E-state index in [0.29, 0.717) is 25.3 Å². The van der Waals surface area contributed by atoms with E-state index in [1.165, 1.54) is 17.5 Å². The number of nitrogens with two attached hydrogens (primary N) is 1. The first-order chi connectivity index (χ1) is 9.72. The highest BCUT2D eigenvalue weighted by molar-refractivity contribution is 7.18. The molecule has 106 valence electrons. The van der Waals surface area contributed by atoms with E-state index in [1.807, 2.05) is 18.2 Å². The van der Waals surface area contributed by atoms with Crippen molar-refractivity contribution in [2.45, 2.75) is 31.7 Å². The van der Waals surface area contributed by atoms with E-state index < -0.39 is 0 Å². The maximum atomic E-state index is 11.8. The molecule has 1 aromatic heterocycles. The number of hydrogen-bond donors (Lipinski definition) is 2. The number of carbonyl (C=O) groups is 1. The summed E-state index contributed by atoms with van der Waals surface area (Å²) in [6.45, 7) is 0.601. The van der Waals surface area contributed by atoms with Gasteiger partial charge in [-0.15, -0.1) is 11.3 Å². The molecular formula is C15H19N3OS. The number of benzene rings is 1. The standard InChI is InChI=1S/C15H19N3OS/c16-11(10-5-6-10)9-17-14(19)7-8-15-18-12-3-1-2-4-13(12)20-15/h1-4,10-11H,5-9,16H2,(H,17,19). The van der Waals surface area contributed by atoms with Crippen molar-refractivity contribution in [1.29, 1.82) is 0 Å². The number of thiazole rings is 1. The van der Waals surface area contributed by atoms with Crippen molar-refractivity contribution in [3.05, 3.63) is 29.3 Å². The third kappa shape index (κ3) is 3.35. The van der Waals surface area contributed by atoms with Crippen molar-refractivity contribution >= 4 is 27.5 Å². The Labute approximate surface area is 122 Å². The lowest BCUT2D eigenvalue weighted by atomic mass is 10.2. The lowest BCUT2D eigenvalue weighted by molar-refractivity contribution is -0.121. The number of carbonyl (C=O) groups excluding carboxylic acids is 1. The van der Waals surface area contributed by atoms with Crippen LogP contribution in [0, 0.1) is 5.92 Å². The van der Waals surface area contributed by atoms with Gasteiger partial charge in [0.2, 0.25) is 5.91 Å². The molecular weight excluding hydrogens is 270 g/mol. The van der Waals surface area contributed by atoms with Crippen molar-refractivity contribution in [1.82, 2.24) is 10.3 Å². The van der Waals surface area contributed by atoms with Gasteiger partial charge >= 0.3 is 0 Å². The third-order valence-electron chi connectivity index (χ3n) is 3.67. The fourth-order valence-electron chi connectivity index (χ4n) is 2.26. The number of aromatic nitrogens is 1. The van der Waals surface area contributed by atoms with Crippen LogP contribution in [0.1, 0.15) is 24.3 Å². The average molecular weight is 289 g/mol. The van der Waals surface area contributed by atoms with Gasteiger partial charge in [-0.2, -0.15) is 0 Å². The molecule has 5 heteroatoms. The minimum Gasteiger partial charge on any atom is -0.355 e. The largest absolute Gasteiger partial charge is 0.355 e. The number of nitrogens with one attached hydrogen (secondary N) is 1. The molecule has 1 aliphatic rings. The summed E-state index contributed by atoms with van der Waals surface area (Å²) in [6.07, 6.45) is 3.60. The summed E-state index contributed by atoms with van der Waals surface area (Å²) in [7, 11) is 0. The summed E-state index contributed by atoms with van der Waals surface area (Å²) in [4.78, 5) is 16.3. The minimum atomic E-state index is 0.0698. The van der Waals surface area contributed by atoms with Gasteiger partial charge in [0.05, 0.1) is 15.2 Å². The lowest BCUT2D eigenvalue weighted by Crippen LogP contribution is -2.38. The van der Waals surface area contributed by atoms with Crippen LogP contribution in [0.4, 0.5) is 0 Å². The first kappa shape index (κ1) is 13.5. The van der Waals surface area contributed by atoms with Crippen molar-refractivity contribution in [3.63, 3.8) is 0 Å². The number of amides is 1. The molecule has 0 saturated heterocycles. The Bertz CT molecular complexity index is 573. The molecule has 1 saturated carbocycles. The molecule has 3 rings (SSSR count). The van der Waals surface area contributed by atoms with Crippen LogP contribution in [0.5, 0.6) is 0 Å². The van der Waals surface area contributed by atoms with Crippen LogP contribution in [-0.2, 0) is 11.2 Å². The first-order valence-corrected chi connectivity index (χ1v) is 7.91. The summed E-state index contributed by atoms with van der Waals surface area (Å²) in [6, 6.07) is 8.19. The van der Waals surface area contributed by atoms with Crippen LogP contribution in [0.25, 0.3) is 10.2 Å². The summed E-state index contributed by atoms with van der Waals surface area (Å²) in [5.41, 5.74) is 6.98. The van der Waals surface area contributed by atoms with E-state index >= 15 is 0 Å². The highest BCUT2D eigenvalue weighted by Crippen LogP contribution is 2.31. The summed E-state index contributed by atoms with van der Waals surface area (Å²) in [5, 5.41) is 3.94. The van der Waals surface area contributed by atoms with E-state index in [4.69, 9.17) is 5.73 Å². The Morgan fingerprint density at radius 2 is 2.25 bits per heavy atom. The zero-order valence-corrected chi connectivity index (χ0v) is 12.2. The van der Waals surface area contributed by atoms with E-state index in [9.17, 15) is 4.79 Å². The van der Waals surface area contributed by atoms with Crippen molar-refractivity contribution < 1.29 is 4.79 Å². The fourth-order valence-corrected chi connectivity index (χ4v) is 3.23. The predicted octanol–water partition coefficient (Wildman–Crippen LogP) is 2.08. The van der Waals surface area contributed by atoms with Crippen molar-refractivity contribution in [2.75, 3.05) is 6.54 Å². The van der Waals surface area contributed by atoms with E-state index in [1.54, 1.807) is 11.3 Å². The first-order valence-electron chi connectivity index (χ1n) is 7.09. The third-order valence-corrected chi connectivity index (χ3v) is 4.76. The summed E-state index contributed by atoms with van der Waals surface area (Å²) in [5.74, 6) is 0.694. The molecule has 20 heavy (non-hydrogen) atoms. The molecule has 1 unspecified atom stereocenters. The Hall–Kier alpha value is -1.46. The fraction of sp³-hybridized carbons (Fsp3) is 0.467. The van der Waals surface area contributed by atoms with Crippen LogP contribution in [0.2, 0.25) is 0 Å². The van der Waals surface area contributed by atoms with Crippen LogP contribution >= 0.6 is 11.3 Å². The quantitative estimate of drug-likeness (QED) is 0.855. The molecule has 4 nitrogen and oxygen atoms in total. The number of fused-ring (bicyclic) bond motifs is 1. The van der Waals surface area contributed by atoms with E-state index in [2.05, 4.69) is 16.4 Å². The maximum absolute atomic E-state index is 11.8. The van der Waals surface area contributed by atoms with Crippen LogP contribution in [-0.4, -0.2) is 23.5 Å². The molecule has 1 aliphatic carbocycles. The highest BCUT2D eigenvalue weighted by Gasteiger charge is 2.28. The van der Waals surface area contributed by atoms with Gasteiger partial charge in [-0.1, -0.05) is 12.1 Å². The van der Waals surface area contributed by atoms with Gasteiger partial charge in [0.15, 0.2) is 0 Å². The highest BCUT2D eigenvalue weighted by atomic mass is 32.1. The number of rotatable bonds is 6. The van der Waals surface area contributed by atoms with Gasteiger partial charge in [-0.05, 0) is 30.9 Å². The van der Waals surface area contributed by atoms with Crippen LogP contribution < -0.4 is 11.1 Å². The molecule has 1 atom stereocenters. The normalized spacial score (nSPS) is 16.2. The second-order valence-corrected chi connectivity index (χ2v) is 6.50. The molecule has 0 spiro atoms. The zero-order chi connectivity index (χ0) is 13.9. The summed E-state index contributed by atoms with van der Waals surface area (Å²) < 4.78 is 1.18. The molecule has 1 amide bonds. The Kier molecular flexibility index (Phi) is 3.98. The second kappa shape index (κ2) is 5.89. The molecule has 0 bridgehead atoms. The maximum Gasteiger partial charge on any atom is 0.220 e. The van der Waals surface area contributed by atoms with Gasteiger partial charge < -0.3 is 11.1 Å². The van der Waals surface area contributed by atoms with Gasteiger partial charge in [0.1, 0.15) is 0 Å². The van der Waals surface area contributed by atoms with Gasteiger partial charge in [0, 0.05) is 25.4 Å². The Morgan fingerprint density at radius 1 is 1.45 bits per heavy atom. The van der Waals surface area contributed by atoms with Gasteiger partial charge in [0.25, 0.3) is 0 Å². The molecule has 1 heterocycles. The minimum absolute atomic E-state index is 0.0698. The van der Waals surface area contributed by atoms with Crippen LogP contribution in [0.15, 0.2) is 24.3 Å². The SMILES string of the molecule is NC(CNC(=O)CCc1nc2ccccc2s1)C1CC1. The monoisotopic (exact) mass is 289 g/mol. The zero-order valence-electron chi connectivity index (χ0n) is 11.3. The number of hydrogen-bond acceptors (Lipinski definition) is 4. The Morgan fingerprint density at radius 3 is 3.00 bits per heavy atom. The Balaban J connectivity index is 1.47.